The minimum atomic E-state index is -0.518. The van der Waals surface area contributed by atoms with Crippen molar-refractivity contribution in [2.45, 2.75) is 6.92 Å². The van der Waals surface area contributed by atoms with Crippen LogP contribution in [0.5, 0.6) is 0 Å². The van der Waals surface area contributed by atoms with Crippen LogP contribution in [0.15, 0.2) is 6.20 Å². The first-order valence-corrected chi connectivity index (χ1v) is 4.56. The van der Waals surface area contributed by atoms with Gasteiger partial charge in [-0.05, 0) is 13.5 Å². The fourth-order valence-corrected chi connectivity index (χ4v) is 1.73. The lowest BCUT2D eigenvalue weighted by atomic mass is 10.6. The fourth-order valence-electron chi connectivity index (χ4n) is 0.615. The molecule has 0 saturated carbocycles. The van der Waals surface area contributed by atoms with E-state index >= 15 is 0 Å². The van der Waals surface area contributed by atoms with Crippen molar-refractivity contribution >= 4 is 8.74 Å². The van der Waals surface area contributed by atoms with E-state index in [1.165, 1.54) is 5.69 Å². The molecule has 0 aliphatic rings. The third kappa shape index (κ3) is 0.732. The highest BCUT2D eigenvalue weighted by Gasteiger charge is 1.94. The molecule has 0 unspecified atom stereocenters. The van der Waals surface area contributed by atoms with Crippen LogP contribution in [0.3, 0.4) is 0 Å². The van der Waals surface area contributed by atoms with Gasteiger partial charge in [0.1, 0.15) is 0 Å². The van der Waals surface area contributed by atoms with Gasteiger partial charge in [0, 0.05) is 18.9 Å². The van der Waals surface area contributed by atoms with Crippen LogP contribution in [0.25, 0.3) is 0 Å². The van der Waals surface area contributed by atoms with Gasteiger partial charge in [-0.15, -0.1) is 0 Å². The maximum absolute atomic E-state index is 4.26. The van der Waals surface area contributed by atoms with Gasteiger partial charge in [-0.2, -0.15) is 0 Å². The van der Waals surface area contributed by atoms with Gasteiger partial charge < -0.3 is 4.22 Å². The van der Waals surface area contributed by atoms with E-state index < -0.39 is 8.74 Å². The van der Waals surface area contributed by atoms with Crippen LogP contribution in [0.4, 0.5) is 0 Å². The lowest BCUT2D eigenvalue weighted by molar-refractivity contribution is 0.948. The Morgan fingerprint density at radius 3 is 2.50 bits per heavy atom. The maximum Gasteiger partial charge on any atom is 0.244 e. The molecule has 0 saturated heterocycles. The average molecular weight is 126 g/mol. The van der Waals surface area contributed by atoms with Crippen LogP contribution in [0.1, 0.15) is 5.69 Å². The van der Waals surface area contributed by atoms with E-state index in [4.69, 9.17) is 0 Å². The van der Waals surface area contributed by atoms with Gasteiger partial charge in [-0.25, -0.2) is 0 Å². The van der Waals surface area contributed by atoms with Crippen LogP contribution in [-0.2, 0) is 13.6 Å². The maximum atomic E-state index is 4.26. The third-order valence-corrected chi connectivity index (χ3v) is 3.28. The largest absolute Gasteiger partial charge is 0.369 e. The minimum Gasteiger partial charge on any atom is -0.369 e. The number of aromatic nitrogens is 2. The van der Waals surface area contributed by atoms with Crippen LogP contribution >= 0.6 is 0 Å². The highest BCUT2D eigenvalue weighted by Crippen LogP contribution is 1.88. The normalized spacial score (nSPS) is 9.88. The van der Waals surface area contributed by atoms with E-state index in [0.29, 0.717) is 0 Å². The molecule has 0 aromatic carbocycles. The number of aryl methyl sites for hydroxylation is 2. The third-order valence-electron chi connectivity index (χ3n) is 1.45. The lowest BCUT2D eigenvalue weighted by Gasteiger charge is -1.93. The summed E-state index contributed by atoms with van der Waals surface area (Å²) in [6.07, 6.45) is 1.95. The van der Waals surface area contributed by atoms with Gasteiger partial charge >= 0.3 is 0 Å². The van der Waals surface area contributed by atoms with Crippen molar-refractivity contribution in [1.82, 2.24) is 8.86 Å². The molecule has 1 rings (SSSR count). The molecule has 0 spiro atoms. The highest BCUT2D eigenvalue weighted by molar-refractivity contribution is 6.37. The summed E-state index contributed by atoms with van der Waals surface area (Å²) in [4.78, 5) is 0. The van der Waals surface area contributed by atoms with Crippen molar-refractivity contribution < 1.29 is 0 Å². The monoisotopic (exact) mass is 126 g/mol. The molecule has 0 amide bonds. The van der Waals surface area contributed by atoms with Gasteiger partial charge in [0.25, 0.3) is 0 Å². The molecular formula is C5H10N2Si. The molecule has 8 heavy (non-hydrogen) atoms. The molecule has 1 heterocycles. The van der Waals surface area contributed by atoms with Crippen LogP contribution < -0.4 is 0 Å². The number of hydrogen-bond acceptors (Lipinski definition) is 1. The van der Waals surface area contributed by atoms with E-state index in [9.17, 15) is 0 Å². The van der Waals surface area contributed by atoms with Crippen molar-refractivity contribution in [2.75, 3.05) is 0 Å². The van der Waals surface area contributed by atoms with Crippen molar-refractivity contribution in [3.05, 3.63) is 11.9 Å². The van der Waals surface area contributed by atoms with Crippen molar-refractivity contribution in [3.8, 4) is 0 Å². The Kier molecular flexibility index (Phi) is 1.29. The predicted octanol–water partition coefficient (Wildman–Crippen LogP) is 0.291. The smallest absolute Gasteiger partial charge is 0.244 e. The molecule has 44 valence electrons. The summed E-state index contributed by atoms with van der Waals surface area (Å²) in [5, 5.41) is 0. The Bertz CT molecular complexity index is 173. The quantitative estimate of drug-likeness (QED) is 0.457. The Morgan fingerprint density at radius 1 is 1.75 bits per heavy atom. The van der Waals surface area contributed by atoms with Crippen LogP contribution in [0, 0.1) is 6.92 Å². The molecular weight excluding hydrogens is 116 g/mol. The first kappa shape index (κ1) is 5.69. The van der Waals surface area contributed by atoms with E-state index in [-0.39, 0.29) is 0 Å². The minimum absolute atomic E-state index is 0.518. The van der Waals surface area contributed by atoms with Gasteiger partial charge in [0.2, 0.25) is 8.74 Å². The molecule has 2 nitrogen and oxygen atoms in total. The molecule has 0 bridgehead atoms. The average Bonchev–Trinajstić information content (AvgIpc) is 1.98. The number of nitrogens with zero attached hydrogens (tertiary/aromatic N) is 2. The van der Waals surface area contributed by atoms with Crippen LogP contribution in [-0.4, -0.2) is 17.6 Å². The summed E-state index contributed by atoms with van der Waals surface area (Å²) in [6, 6.07) is 0. The molecule has 0 aliphatic carbocycles. The first-order chi connectivity index (χ1) is 3.72. The summed E-state index contributed by atoms with van der Waals surface area (Å²) in [5.74, 6) is 0. The molecule has 0 atom stereocenters. The Balaban J connectivity index is 3.19. The second-order valence-corrected chi connectivity index (χ2v) is 4.03. The van der Waals surface area contributed by atoms with Crippen molar-refractivity contribution in [2.24, 2.45) is 13.6 Å². The molecule has 0 fully saturated rings. The van der Waals surface area contributed by atoms with E-state index in [1.807, 2.05) is 6.20 Å². The highest BCUT2D eigenvalue weighted by atomic mass is 28.2. The second kappa shape index (κ2) is 1.82. The standard InChI is InChI=1S/C5H10N2Si/c1-5-4-6-8(3)7(5)2/h4H,1-3H3. The van der Waals surface area contributed by atoms with Gasteiger partial charge in [0.15, 0.2) is 0 Å². The van der Waals surface area contributed by atoms with Gasteiger partial charge in [-0.1, -0.05) is 0 Å². The molecule has 0 N–H and O–H groups in total. The zero-order valence-electron chi connectivity index (χ0n) is 5.47. The van der Waals surface area contributed by atoms with Gasteiger partial charge in [-0.3, -0.25) is 4.64 Å². The first-order valence-electron chi connectivity index (χ1n) is 2.66. The summed E-state index contributed by atoms with van der Waals surface area (Å²) in [5.41, 5.74) is 1.29. The Labute approximate surface area is 50.9 Å². The van der Waals surface area contributed by atoms with E-state index in [1.54, 1.807) is 0 Å². The van der Waals surface area contributed by atoms with E-state index in [2.05, 4.69) is 29.4 Å². The topological polar surface area (TPSA) is 17.8 Å². The molecule has 1 aromatic heterocycles. The zero-order valence-corrected chi connectivity index (χ0v) is 6.47. The van der Waals surface area contributed by atoms with Crippen molar-refractivity contribution in [3.63, 3.8) is 0 Å². The Morgan fingerprint density at radius 2 is 2.38 bits per heavy atom. The summed E-state index contributed by atoms with van der Waals surface area (Å²) < 4.78 is 6.50. The predicted molar refractivity (Wildman–Crippen MR) is 34.9 cm³/mol. The lowest BCUT2D eigenvalue weighted by Crippen LogP contribution is -2.07. The molecule has 0 aliphatic heterocycles. The molecule has 1 aromatic rings. The summed E-state index contributed by atoms with van der Waals surface area (Å²) >= 11 is 0. The SMILES string of the molecule is Cc1cn[si](C)n1C. The van der Waals surface area contributed by atoms with E-state index in [0.717, 1.165) is 0 Å². The fraction of sp³-hybridized carbons (Fsp3) is 0.600. The van der Waals surface area contributed by atoms with Crippen molar-refractivity contribution in [1.29, 1.82) is 0 Å². The summed E-state index contributed by atoms with van der Waals surface area (Å²) in [7, 11) is 1.58. The zero-order chi connectivity index (χ0) is 6.15. The second-order valence-electron chi connectivity index (χ2n) is 2.01. The molecule has 0 radical (unpaired) electrons. The van der Waals surface area contributed by atoms with Crippen LogP contribution in [0.2, 0.25) is 0 Å². The molecule has 3 heteroatoms. The number of hydrogen-bond donors (Lipinski definition) is 0. The summed E-state index contributed by atoms with van der Waals surface area (Å²) in [6.45, 7) is 4.27. The Hall–Kier alpha value is -0.443. The number of rotatable bonds is 0. The van der Waals surface area contributed by atoms with Gasteiger partial charge in [0.05, 0.1) is 0 Å².